The second-order valence-electron chi connectivity index (χ2n) is 7.14. The Bertz CT molecular complexity index is 864. The van der Waals surface area contributed by atoms with Crippen molar-refractivity contribution in [2.24, 2.45) is 5.41 Å². The van der Waals surface area contributed by atoms with Gasteiger partial charge in [-0.3, -0.25) is 4.90 Å². The summed E-state index contributed by atoms with van der Waals surface area (Å²) in [5.74, 6) is -0.178. The van der Waals surface area contributed by atoms with Crippen LogP contribution in [0.4, 0.5) is 4.39 Å². The molecule has 2 aliphatic rings. The first-order valence-electron chi connectivity index (χ1n) is 8.50. The van der Waals surface area contributed by atoms with Crippen LogP contribution >= 0.6 is 0 Å². The maximum atomic E-state index is 13.8. The zero-order chi connectivity index (χ0) is 17.5. The minimum absolute atomic E-state index is 0.0209. The lowest BCUT2D eigenvalue weighted by molar-refractivity contribution is 0.00579. The Kier molecular flexibility index (Phi) is 4.14. The Morgan fingerprint density at radius 1 is 0.960 bits per heavy atom. The fourth-order valence-electron chi connectivity index (χ4n) is 3.98. The molecule has 2 saturated heterocycles. The van der Waals surface area contributed by atoms with Crippen molar-refractivity contribution in [3.05, 3.63) is 66.0 Å². The van der Waals surface area contributed by atoms with Gasteiger partial charge in [0.25, 0.3) is 0 Å². The molecular weight excluding hydrogens is 339 g/mol. The summed E-state index contributed by atoms with van der Waals surface area (Å²) in [6, 6.07) is 15.4. The minimum atomic E-state index is -3.41. The molecule has 25 heavy (non-hydrogen) atoms. The summed E-state index contributed by atoms with van der Waals surface area (Å²) in [4.78, 5) is 2.55. The number of nitrogens with zero attached hydrogens (tertiary/aromatic N) is 2. The molecule has 4 nitrogen and oxygen atoms in total. The molecule has 0 unspecified atom stereocenters. The van der Waals surface area contributed by atoms with Gasteiger partial charge >= 0.3 is 0 Å². The van der Waals surface area contributed by atoms with Crippen LogP contribution in [-0.2, 0) is 16.6 Å². The fraction of sp³-hybridized carbons (Fsp3) is 0.368. The highest BCUT2D eigenvalue weighted by atomic mass is 32.2. The van der Waals surface area contributed by atoms with E-state index in [0.29, 0.717) is 30.1 Å². The topological polar surface area (TPSA) is 40.6 Å². The Hall–Kier alpha value is -1.76. The Labute approximate surface area is 147 Å². The number of hydrogen-bond acceptors (Lipinski definition) is 3. The molecule has 0 saturated carbocycles. The van der Waals surface area contributed by atoms with Crippen LogP contribution in [0.3, 0.4) is 0 Å². The van der Waals surface area contributed by atoms with Crippen LogP contribution in [0.25, 0.3) is 0 Å². The Morgan fingerprint density at radius 3 is 2.36 bits per heavy atom. The van der Waals surface area contributed by atoms with Crippen LogP contribution in [0.1, 0.15) is 12.0 Å². The molecule has 0 amide bonds. The highest BCUT2D eigenvalue weighted by Gasteiger charge is 2.50. The number of rotatable bonds is 4. The zero-order valence-electron chi connectivity index (χ0n) is 13.9. The van der Waals surface area contributed by atoms with Gasteiger partial charge in [0, 0.05) is 43.7 Å². The van der Waals surface area contributed by atoms with Gasteiger partial charge in [-0.15, -0.1) is 0 Å². The van der Waals surface area contributed by atoms with Crippen molar-refractivity contribution in [2.45, 2.75) is 17.9 Å². The molecule has 4 rings (SSSR count). The van der Waals surface area contributed by atoms with Crippen molar-refractivity contribution in [2.75, 3.05) is 26.2 Å². The number of likely N-dealkylation sites (tertiary alicyclic amines) is 1. The second kappa shape index (κ2) is 6.20. The van der Waals surface area contributed by atoms with E-state index in [2.05, 4.69) is 4.90 Å². The van der Waals surface area contributed by atoms with Crippen LogP contribution in [0, 0.1) is 11.2 Å². The van der Waals surface area contributed by atoms with Crippen LogP contribution in [0.2, 0.25) is 0 Å². The zero-order valence-corrected chi connectivity index (χ0v) is 14.8. The smallest absolute Gasteiger partial charge is 0.243 e. The highest BCUT2D eigenvalue weighted by molar-refractivity contribution is 7.89. The van der Waals surface area contributed by atoms with Gasteiger partial charge in [0.1, 0.15) is 5.82 Å². The van der Waals surface area contributed by atoms with Crippen LogP contribution in [0.15, 0.2) is 59.5 Å². The Balaban J connectivity index is 1.40. The lowest BCUT2D eigenvalue weighted by Gasteiger charge is -2.48. The first-order chi connectivity index (χ1) is 12.0. The van der Waals surface area contributed by atoms with Gasteiger partial charge in [0.05, 0.1) is 4.90 Å². The average molecular weight is 360 g/mol. The van der Waals surface area contributed by atoms with Gasteiger partial charge in [-0.1, -0.05) is 36.4 Å². The van der Waals surface area contributed by atoms with Crippen molar-refractivity contribution in [3.63, 3.8) is 0 Å². The first-order valence-corrected chi connectivity index (χ1v) is 9.94. The molecule has 132 valence electrons. The number of halogens is 1. The Morgan fingerprint density at radius 2 is 1.64 bits per heavy atom. The summed E-state index contributed by atoms with van der Waals surface area (Å²) in [6.07, 6.45) is 0.868. The summed E-state index contributed by atoms with van der Waals surface area (Å²) in [6.45, 7) is 3.34. The number of hydrogen-bond donors (Lipinski definition) is 0. The second-order valence-corrected chi connectivity index (χ2v) is 9.08. The van der Waals surface area contributed by atoms with E-state index in [9.17, 15) is 12.8 Å². The predicted octanol–water partition coefficient (Wildman–Crippen LogP) is 2.72. The quantitative estimate of drug-likeness (QED) is 0.842. The molecule has 0 N–H and O–H groups in total. The minimum Gasteiger partial charge on any atom is -0.298 e. The molecule has 2 aliphatic heterocycles. The van der Waals surface area contributed by atoms with Crippen LogP contribution in [0.5, 0.6) is 0 Å². The van der Waals surface area contributed by atoms with E-state index in [1.165, 1.54) is 6.07 Å². The highest BCUT2D eigenvalue weighted by Crippen LogP contribution is 2.42. The van der Waals surface area contributed by atoms with Gasteiger partial charge in [-0.05, 0) is 24.6 Å². The molecule has 1 spiro atoms. The van der Waals surface area contributed by atoms with Crippen molar-refractivity contribution in [3.8, 4) is 0 Å². The van der Waals surface area contributed by atoms with Crippen molar-refractivity contribution in [1.29, 1.82) is 0 Å². The van der Waals surface area contributed by atoms with E-state index in [1.807, 2.05) is 12.1 Å². The summed E-state index contributed by atoms with van der Waals surface area (Å²) in [5, 5.41) is 0. The van der Waals surface area contributed by atoms with Gasteiger partial charge in [0.15, 0.2) is 0 Å². The lowest BCUT2D eigenvalue weighted by atomic mass is 9.79. The van der Waals surface area contributed by atoms with Crippen molar-refractivity contribution in [1.82, 2.24) is 9.21 Å². The summed E-state index contributed by atoms with van der Waals surface area (Å²) >= 11 is 0. The third-order valence-corrected chi connectivity index (χ3v) is 7.11. The molecule has 0 bridgehead atoms. The molecule has 0 atom stereocenters. The van der Waals surface area contributed by atoms with E-state index < -0.39 is 10.0 Å². The third-order valence-electron chi connectivity index (χ3n) is 5.25. The SMILES string of the molecule is O=S(=O)(c1ccccc1)N1CCC2(CN(Cc3ccccc3F)C2)C1. The van der Waals surface area contributed by atoms with E-state index in [4.69, 9.17) is 0 Å². The molecule has 2 heterocycles. The maximum Gasteiger partial charge on any atom is 0.243 e. The molecule has 0 aliphatic carbocycles. The standard InChI is InChI=1S/C19H21FN2O2S/c20-18-9-5-4-6-16(18)12-21-13-19(14-21)10-11-22(15-19)25(23,24)17-7-2-1-3-8-17/h1-9H,10-15H2. The fourth-order valence-corrected chi connectivity index (χ4v) is 5.56. The predicted molar refractivity (Wildman–Crippen MR) is 93.9 cm³/mol. The largest absolute Gasteiger partial charge is 0.298 e. The van der Waals surface area contributed by atoms with Crippen molar-refractivity contribution >= 4 is 10.0 Å². The normalized spacial score (nSPS) is 20.7. The summed E-state index contributed by atoms with van der Waals surface area (Å²) < 4.78 is 40.9. The molecule has 2 aromatic carbocycles. The van der Waals surface area contributed by atoms with E-state index in [1.54, 1.807) is 40.7 Å². The monoisotopic (exact) mass is 360 g/mol. The maximum absolute atomic E-state index is 13.8. The van der Waals surface area contributed by atoms with E-state index in [-0.39, 0.29) is 11.2 Å². The van der Waals surface area contributed by atoms with Gasteiger partial charge in [-0.25, -0.2) is 12.8 Å². The molecule has 0 aromatic heterocycles. The lowest BCUT2D eigenvalue weighted by Crippen LogP contribution is -2.57. The number of sulfonamides is 1. The van der Waals surface area contributed by atoms with Crippen molar-refractivity contribution < 1.29 is 12.8 Å². The molecule has 2 fully saturated rings. The first kappa shape index (κ1) is 16.7. The van der Waals surface area contributed by atoms with Gasteiger partial charge in [-0.2, -0.15) is 4.31 Å². The molecule has 0 radical (unpaired) electrons. The van der Waals surface area contributed by atoms with Gasteiger partial charge < -0.3 is 0 Å². The van der Waals surface area contributed by atoms with Crippen LogP contribution < -0.4 is 0 Å². The van der Waals surface area contributed by atoms with Gasteiger partial charge in [0.2, 0.25) is 10.0 Å². The molecule has 2 aromatic rings. The van der Waals surface area contributed by atoms with E-state index >= 15 is 0 Å². The third kappa shape index (κ3) is 3.10. The molecular formula is C19H21FN2O2S. The molecule has 6 heteroatoms. The van der Waals surface area contributed by atoms with E-state index in [0.717, 1.165) is 19.5 Å². The average Bonchev–Trinajstić information content (AvgIpc) is 3.04. The summed E-state index contributed by atoms with van der Waals surface area (Å²) in [7, 11) is -3.41. The number of benzene rings is 2. The summed E-state index contributed by atoms with van der Waals surface area (Å²) in [5.41, 5.74) is 0.719. The van der Waals surface area contributed by atoms with Crippen LogP contribution in [-0.4, -0.2) is 43.8 Å².